The van der Waals surface area contributed by atoms with Crippen LogP contribution in [0, 0.1) is 0 Å². The van der Waals surface area contributed by atoms with Crippen LogP contribution in [0.4, 0.5) is 0 Å². The van der Waals surface area contributed by atoms with Gasteiger partial charge in [0, 0.05) is 10.9 Å². The van der Waals surface area contributed by atoms with Crippen LogP contribution < -0.4 is 0 Å². The fourth-order valence-electron chi connectivity index (χ4n) is 5.00. The number of carboxylic acids is 1. The second-order valence-corrected chi connectivity index (χ2v) is 12.7. The van der Waals surface area contributed by atoms with Crippen LogP contribution >= 0.6 is 0 Å². The Morgan fingerprint density at radius 1 is 1.06 bits per heavy atom. The molecule has 35 heavy (non-hydrogen) atoms. The van der Waals surface area contributed by atoms with E-state index in [2.05, 4.69) is 0 Å². The van der Waals surface area contributed by atoms with Crippen LogP contribution in [0.5, 0.6) is 0 Å². The number of aromatic nitrogens is 1. The Morgan fingerprint density at radius 3 is 2.26 bits per heavy atom. The quantitative estimate of drug-likeness (QED) is 0.497. The summed E-state index contributed by atoms with van der Waals surface area (Å²) in [5.74, 6) is -2.21. The van der Waals surface area contributed by atoms with Gasteiger partial charge in [0.1, 0.15) is 6.54 Å². The zero-order valence-electron chi connectivity index (χ0n) is 19.3. The molecule has 0 atom stereocenters. The van der Waals surface area contributed by atoms with Crippen LogP contribution in [0.25, 0.3) is 22.2 Å². The van der Waals surface area contributed by atoms with E-state index in [9.17, 15) is 31.5 Å². The average molecular weight is 523 g/mol. The van der Waals surface area contributed by atoms with Crippen LogP contribution in [0.1, 0.15) is 53.9 Å². The number of carbonyl (C=O) groups excluding carboxylic acids is 1. The first-order valence-corrected chi connectivity index (χ1v) is 14.7. The van der Waals surface area contributed by atoms with Gasteiger partial charge in [-0.25, -0.2) is 21.6 Å². The molecule has 1 saturated carbocycles. The number of hydrogen-bond acceptors (Lipinski definition) is 7. The molecule has 1 N–H and O–H groups in total. The van der Waals surface area contributed by atoms with Crippen molar-refractivity contribution < 1.29 is 35.9 Å². The molecule has 4 rings (SSSR count). The van der Waals surface area contributed by atoms with Crippen LogP contribution in [0.2, 0.25) is 0 Å². The number of rotatable bonds is 7. The van der Waals surface area contributed by atoms with E-state index >= 15 is 0 Å². The number of furan rings is 1. The molecule has 1 amide bonds. The van der Waals surface area contributed by atoms with E-state index in [1.807, 2.05) is 0 Å². The van der Waals surface area contributed by atoms with Crippen LogP contribution in [-0.4, -0.2) is 54.6 Å². The third kappa shape index (κ3) is 4.85. The summed E-state index contributed by atoms with van der Waals surface area (Å²) in [6, 6.07) is 6.30. The zero-order chi connectivity index (χ0) is 25.5. The molecule has 1 fully saturated rings. The maximum atomic E-state index is 13.2. The molecule has 0 bridgehead atoms. The maximum Gasteiger partial charge on any atom is 0.335 e. The summed E-state index contributed by atoms with van der Waals surface area (Å²) in [7, 11) is -8.85. The molecule has 0 radical (unpaired) electrons. The minimum atomic E-state index is -4.43. The Kier molecular flexibility index (Phi) is 6.54. The Balaban J connectivity index is 2.01. The first-order chi connectivity index (χ1) is 16.4. The highest BCUT2D eigenvalue weighted by Crippen LogP contribution is 2.44. The van der Waals surface area contributed by atoms with Crippen LogP contribution in [0.3, 0.4) is 0 Å². The van der Waals surface area contributed by atoms with E-state index in [4.69, 9.17) is 4.42 Å². The molecule has 0 unspecified atom stereocenters. The molecule has 0 spiro atoms. The number of carbonyl (C=O) groups is 2. The standard InChI is InChI=1S/C23H26N2O8S2/c1-34(29,30)25(35(2,31)32)20(26)13-24-19-12-16(23(27)28)8-9-18(19)21(15-6-4-3-5-7-15)22(24)17-10-11-33-14-17/h8-12,14-15H,3-7,13H2,1-2H3,(H,27,28). The molecule has 0 saturated heterocycles. The SMILES string of the molecule is CS(=O)(=O)N(C(=O)Cn1c(-c2ccoc2)c(C2CCCCC2)c2ccc(C(=O)O)cc21)S(C)(=O)=O. The molecule has 2 aromatic heterocycles. The van der Waals surface area contributed by atoms with Crippen LogP contribution in [-0.2, 0) is 31.4 Å². The van der Waals surface area contributed by atoms with Gasteiger partial charge < -0.3 is 14.1 Å². The molecule has 2 heterocycles. The number of fused-ring (bicyclic) bond motifs is 1. The molecule has 1 aliphatic carbocycles. The van der Waals surface area contributed by atoms with Gasteiger partial charge in [-0.1, -0.05) is 25.3 Å². The fourth-order valence-corrected chi connectivity index (χ4v) is 7.82. The van der Waals surface area contributed by atoms with Crippen LogP contribution in [0.15, 0.2) is 41.2 Å². The number of amides is 1. The minimum absolute atomic E-state index is 0.0132. The lowest BCUT2D eigenvalue weighted by molar-refractivity contribution is -0.123. The lowest BCUT2D eigenvalue weighted by Crippen LogP contribution is -2.42. The molecule has 3 aromatic rings. The molecule has 1 aliphatic rings. The van der Waals surface area contributed by atoms with E-state index in [0.29, 0.717) is 29.3 Å². The van der Waals surface area contributed by atoms with Crippen molar-refractivity contribution in [2.45, 2.75) is 44.6 Å². The smallest absolute Gasteiger partial charge is 0.335 e. The van der Waals surface area contributed by atoms with E-state index < -0.39 is 38.5 Å². The van der Waals surface area contributed by atoms with E-state index in [-0.39, 0.29) is 15.2 Å². The molecule has 188 valence electrons. The molecule has 10 nitrogen and oxygen atoms in total. The third-order valence-electron chi connectivity index (χ3n) is 6.26. The van der Waals surface area contributed by atoms with Crippen molar-refractivity contribution in [2.75, 3.05) is 12.5 Å². The first-order valence-electron chi connectivity index (χ1n) is 11.0. The van der Waals surface area contributed by atoms with Gasteiger partial charge in [-0.3, -0.25) is 4.79 Å². The maximum absolute atomic E-state index is 13.2. The number of benzene rings is 1. The third-order valence-corrected chi connectivity index (χ3v) is 9.50. The molecular formula is C23H26N2O8S2. The van der Waals surface area contributed by atoms with E-state index in [0.717, 1.165) is 43.1 Å². The Hall–Kier alpha value is -3.12. The Morgan fingerprint density at radius 2 is 1.71 bits per heavy atom. The largest absolute Gasteiger partial charge is 0.478 e. The monoisotopic (exact) mass is 522 g/mol. The lowest BCUT2D eigenvalue weighted by atomic mass is 9.82. The predicted octanol–water partition coefficient (Wildman–Crippen LogP) is 3.40. The number of hydrogen-bond donors (Lipinski definition) is 1. The van der Waals surface area contributed by atoms with Gasteiger partial charge in [0.05, 0.1) is 41.8 Å². The van der Waals surface area contributed by atoms with Crippen molar-refractivity contribution in [3.05, 3.63) is 47.9 Å². The summed E-state index contributed by atoms with van der Waals surface area (Å²) < 4.78 is 55.5. The van der Waals surface area contributed by atoms with Gasteiger partial charge in [-0.15, -0.1) is 3.71 Å². The summed E-state index contributed by atoms with van der Waals surface area (Å²) >= 11 is 0. The number of carboxylic acid groups (broad SMARTS) is 1. The van der Waals surface area contributed by atoms with Crippen molar-refractivity contribution in [1.29, 1.82) is 0 Å². The highest BCUT2D eigenvalue weighted by Gasteiger charge is 2.35. The highest BCUT2D eigenvalue weighted by atomic mass is 32.3. The summed E-state index contributed by atoms with van der Waals surface area (Å²) in [6.07, 6.45) is 9.19. The van der Waals surface area contributed by atoms with Crippen molar-refractivity contribution in [2.24, 2.45) is 0 Å². The van der Waals surface area contributed by atoms with E-state index in [1.54, 1.807) is 12.1 Å². The Labute approximate surface area is 203 Å². The number of aromatic carboxylic acids is 1. The van der Waals surface area contributed by atoms with E-state index in [1.165, 1.54) is 29.2 Å². The molecular weight excluding hydrogens is 496 g/mol. The lowest BCUT2D eigenvalue weighted by Gasteiger charge is -2.23. The Bertz CT molecular complexity index is 1460. The summed E-state index contributed by atoms with van der Waals surface area (Å²) in [5.41, 5.74) is 2.50. The topological polar surface area (TPSA) is 144 Å². The van der Waals surface area contributed by atoms with Crippen molar-refractivity contribution in [3.8, 4) is 11.3 Å². The fraction of sp³-hybridized carbons (Fsp3) is 0.391. The molecule has 1 aromatic carbocycles. The minimum Gasteiger partial charge on any atom is -0.478 e. The average Bonchev–Trinajstić information content (AvgIpc) is 3.38. The van der Waals surface area contributed by atoms with Crippen molar-refractivity contribution in [3.63, 3.8) is 0 Å². The summed E-state index contributed by atoms with van der Waals surface area (Å²) in [5, 5.41) is 10.3. The molecule has 0 aliphatic heterocycles. The second-order valence-electron chi connectivity index (χ2n) is 8.85. The van der Waals surface area contributed by atoms with Gasteiger partial charge in [0.25, 0.3) is 5.91 Å². The van der Waals surface area contributed by atoms with Crippen molar-refractivity contribution in [1.82, 2.24) is 8.28 Å². The van der Waals surface area contributed by atoms with Gasteiger partial charge in [0.15, 0.2) is 0 Å². The van der Waals surface area contributed by atoms with Gasteiger partial charge in [-0.2, -0.15) is 0 Å². The van der Waals surface area contributed by atoms with Crippen molar-refractivity contribution >= 4 is 42.8 Å². The summed E-state index contributed by atoms with van der Waals surface area (Å²) in [4.78, 5) is 24.9. The first kappa shape index (κ1) is 25.0. The molecule has 12 heteroatoms. The predicted molar refractivity (Wildman–Crippen MR) is 129 cm³/mol. The number of nitrogens with zero attached hydrogens (tertiary/aromatic N) is 2. The highest BCUT2D eigenvalue weighted by molar-refractivity contribution is 8.04. The van der Waals surface area contributed by atoms with Gasteiger partial charge in [0.2, 0.25) is 20.0 Å². The summed E-state index contributed by atoms with van der Waals surface area (Å²) in [6.45, 7) is -0.632. The van der Waals surface area contributed by atoms with Gasteiger partial charge >= 0.3 is 5.97 Å². The van der Waals surface area contributed by atoms with Gasteiger partial charge in [-0.05, 0) is 42.5 Å². The normalized spacial score (nSPS) is 15.4. The zero-order valence-corrected chi connectivity index (χ0v) is 20.9. The second kappa shape index (κ2) is 9.15. The number of sulfonamides is 2.